The molecule has 0 aliphatic rings. The summed E-state index contributed by atoms with van der Waals surface area (Å²) in [7, 11) is 0. The Morgan fingerprint density at radius 2 is 1.95 bits per heavy atom. The second-order valence-corrected chi connectivity index (χ2v) is 4.90. The quantitative estimate of drug-likeness (QED) is 0.817. The summed E-state index contributed by atoms with van der Waals surface area (Å²) in [5.74, 6) is 0. The average Bonchev–Trinajstić information content (AvgIpc) is 2.75. The molecule has 0 spiro atoms. The minimum absolute atomic E-state index is 0.200. The van der Waals surface area contributed by atoms with Gasteiger partial charge in [-0.3, -0.25) is 0 Å². The molecule has 1 heterocycles. The number of nitrogens with zero attached hydrogens (tertiary/aromatic N) is 1. The number of benzene rings is 1. The standard InChI is InChI=1S/C12H7AsF3NO2/c13-9-5-7(4-8(6-9)12(14,15)16)10-2-1-3-17(10)11(18)19/h1-6H,(H,18,19). The van der Waals surface area contributed by atoms with Gasteiger partial charge < -0.3 is 0 Å². The number of carboxylic acid groups (broad SMARTS) is 1. The van der Waals surface area contributed by atoms with Crippen LogP contribution in [0.15, 0.2) is 36.5 Å². The second kappa shape index (κ2) is 4.77. The first-order chi connectivity index (χ1) is 8.79. The van der Waals surface area contributed by atoms with E-state index in [4.69, 9.17) is 5.11 Å². The second-order valence-electron chi connectivity index (χ2n) is 3.81. The normalized spacial score (nSPS) is 11.6. The number of halogens is 3. The molecule has 1 aromatic carbocycles. The van der Waals surface area contributed by atoms with Gasteiger partial charge in [0.1, 0.15) is 0 Å². The Kier molecular flexibility index (Phi) is 3.45. The van der Waals surface area contributed by atoms with Crippen LogP contribution in [0.5, 0.6) is 0 Å². The van der Waals surface area contributed by atoms with Gasteiger partial charge in [-0.05, 0) is 0 Å². The zero-order chi connectivity index (χ0) is 14.2. The van der Waals surface area contributed by atoms with Crippen molar-refractivity contribution < 1.29 is 23.1 Å². The molecule has 98 valence electrons. The Balaban J connectivity index is 2.60. The van der Waals surface area contributed by atoms with Crippen LogP contribution in [-0.2, 0) is 6.18 Å². The van der Waals surface area contributed by atoms with Crippen LogP contribution in [-0.4, -0.2) is 32.6 Å². The van der Waals surface area contributed by atoms with Crippen LogP contribution in [0.4, 0.5) is 18.0 Å². The maximum absolute atomic E-state index is 12.7. The van der Waals surface area contributed by atoms with E-state index < -0.39 is 17.8 Å². The summed E-state index contributed by atoms with van der Waals surface area (Å²) < 4.78 is 39.4. The Morgan fingerprint density at radius 3 is 2.53 bits per heavy atom. The van der Waals surface area contributed by atoms with E-state index in [-0.39, 0.29) is 11.3 Å². The molecular weight excluding hydrogens is 322 g/mol. The van der Waals surface area contributed by atoms with E-state index in [9.17, 15) is 18.0 Å². The monoisotopic (exact) mass is 329 g/mol. The number of alkyl halides is 3. The van der Waals surface area contributed by atoms with Crippen molar-refractivity contribution in [2.45, 2.75) is 6.18 Å². The van der Waals surface area contributed by atoms with Crippen LogP contribution in [0.3, 0.4) is 0 Å². The van der Waals surface area contributed by atoms with Gasteiger partial charge in [0.25, 0.3) is 0 Å². The predicted molar refractivity (Wildman–Crippen MR) is 63.7 cm³/mol. The Morgan fingerprint density at radius 1 is 1.26 bits per heavy atom. The zero-order valence-corrected chi connectivity index (χ0v) is 11.2. The van der Waals surface area contributed by atoms with Gasteiger partial charge in [-0.25, -0.2) is 0 Å². The molecule has 0 bridgehead atoms. The number of hydrogen-bond acceptors (Lipinski definition) is 1. The average molecular weight is 329 g/mol. The summed E-state index contributed by atoms with van der Waals surface area (Å²) >= 11 is 2.02. The molecule has 2 rings (SSSR count). The van der Waals surface area contributed by atoms with E-state index >= 15 is 0 Å². The van der Waals surface area contributed by atoms with E-state index in [0.29, 0.717) is 4.35 Å². The fourth-order valence-electron chi connectivity index (χ4n) is 1.71. The Hall–Kier alpha value is -1.68. The van der Waals surface area contributed by atoms with Crippen LogP contribution < -0.4 is 4.35 Å². The fourth-order valence-corrected chi connectivity index (χ4v) is 2.29. The van der Waals surface area contributed by atoms with E-state index in [0.717, 1.165) is 16.7 Å². The first-order valence-corrected chi connectivity index (χ1v) is 6.05. The minimum atomic E-state index is -4.47. The van der Waals surface area contributed by atoms with Crippen molar-refractivity contribution in [3.8, 4) is 11.3 Å². The van der Waals surface area contributed by atoms with Gasteiger partial charge in [-0.2, -0.15) is 0 Å². The number of hydrogen-bond donors (Lipinski definition) is 1. The van der Waals surface area contributed by atoms with Crippen LogP contribution in [0.1, 0.15) is 5.56 Å². The van der Waals surface area contributed by atoms with E-state index in [1.54, 1.807) is 0 Å². The molecule has 0 amide bonds. The SMILES string of the molecule is O=C(O)n1cccc1-c1cc([As])cc(C(F)(F)F)c1. The van der Waals surface area contributed by atoms with Gasteiger partial charge in [-0.1, -0.05) is 0 Å². The van der Waals surface area contributed by atoms with E-state index in [1.165, 1.54) is 24.4 Å². The van der Waals surface area contributed by atoms with Crippen LogP contribution in [0.2, 0.25) is 0 Å². The third kappa shape index (κ3) is 2.84. The first kappa shape index (κ1) is 13.7. The summed E-state index contributed by atoms with van der Waals surface area (Å²) in [5, 5.41) is 8.95. The third-order valence-corrected chi connectivity index (χ3v) is 3.04. The van der Waals surface area contributed by atoms with Gasteiger partial charge in [0.05, 0.1) is 0 Å². The van der Waals surface area contributed by atoms with Crippen molar-refractivity contribution in [2.24, 2.45) is 0 Å². The fraction of sp³-hybridized carbons (Fsp3) is 0.0833. The Labute approximate surface area is 115 Å². The maximum atomic E-state index is 12.7. The molecular formula is C12H7AsF3NO2. The molecule has 1 N–H and O–H groups in total. The topological polar surface area (TPSA) is 42.2 Å². The van der Waals surface area contributed by atoms with E-state index in [1.807, 2.05) is 16.9 Å². The molecule has 3 nitrogen and oxygen atoms in total. The van der Waals surface area contributed by atoms with Crippen LogP contribution in [0, 0.1) is 0 Å². The molecule has 19 heavy (non-hydrogen) atoms. The number of aromatic nitrogens is 1. The van der Waals surface area contributed by atoms with E-state index in [2.05, 4.69) is 0 Å². The van der Waals surface area contributed by atoms with Crippen LogP contribution >= 0.6 is 0 Å². The molecule has 0 unspecified atom stereocenters. The molecule has 2 radical (unpaired) electrons. The van der Waals surface area contributed by atoms with Crippen molar-refractivity contribution in [2.75, 3.05) is 0 Å². The molecule has 2 aromatic rings. The molecule has 0 saturated heterocycles. The predicted octanol–water partition coefficient (Wildman–Crippen LogP) is 2.49. The number of carbonyl (C=O) groups is 1. The summed E-state index contributed by atoms with van der Waals surface area (Å²) in [6.07, 6.45) is -4.43. The zero-order valence-electron chi connectivity index (χ0n) is 9.35. The Bertz CT molecular complexity index is 634. The van der Waals surface area contributed by atoms with Crippen molar-refractivity contribution in [1.29, 1.82) is 0 Å². The summed E-state index contributed by atoms with van der Waals surface area (Å²) in [4.78, 5) is 11.0. The van der Waals surface area contributed by atoms with Gasteiger partial charge >= 0.3 is 114 Å². The van der Waals surface area contributed by atoms with Crippen molar-refractivity contribution in [1.82, 2.24) is 4.57 Å². The molecule has 1 aromatic heterocycles. The number of rotatable bonds is 1. The molecule has 0 fully saturated rings. The van der Waals surface area contributed by atoms with Crippen molar-refractivity contribution >= 4 is 27.3 Å². The van der Waals surface area contributed by atoms with Gasteiger partial charge in [0.15, 0.2) is 0 Å². The third-order valence-electron chi connectivity index (χ3n) is 2.50. The molecule has 0 saturated carbocycles. The van der Waals surface area contributed by atoms with Gasteiger partial charge in [0, 0.05) is 0 Å². The van der Waals surface area contributed by atoms with Crippen LogP contribution in [0.25, 0.3) is 11.3 Å². The molecule has 0 aliphatic heterocycles. The van der Waals surface area contributed by atoms with Gasteiger partial charge in [0.2, 0.25) is 0 Å². The van der Waals surface area contributed by atoms with Gasteiger partial charge in [-0.15, -0.1) is 0 Å². The summed E-state index contributed by atoms with van der Waals surface area (Å²) in [6, 6.07) is 6.34. The van der Waals surface area contributed by atoms with Crippen molar-refractivity contribution in [3.63, 3.8) is 0 Å². The summed E-state index contributed by atoms with van der Waals surface area (Å²) in [5.41, 5.74) is -0.400. The van der Waals surface area contributed by atoms with Crippen molar-refractivity contribution in [3.05, 3.63) is 42.1 Å². The molecule has 7 heteroatoms. The summed E-state index contributed by atoms with van der Waals surface area (Å²) in [6.45, 7) is 0. The molecule has 0 aliphatic carbocycles. The first-order valence-electron chi connectivity index (χ1n) is 5.11. The molecule has 0 atom stereocenters.